The van der Waals surface area contributed by atoms with E-state index in [1.165, 1.54) is 19.3 Å². The maximum atomic E-state index is 11.5. The largest absolute Gasteiger partial charge is 0.368 e. The Hall–Kier alpha value is -0.610. The predicted molar refractivity (Wildman–Crippen MR) is 70.8 cm³/mol. The summed E-state index contributed by atoms with van der Waals surface area (Å²) >= 11 is 0. The van der Waals surface area contributed by atoms with Gasteiger partial charge in [-0.15, -0.1) is 0 Å². The molecule has 0 aromatic rings. The van der Waals surface area contributed by atoms with E-state index in [0.717, 1.165) is 25.8 Å². The second-order valence-electron chi connectivity index (χ2n) is 5.28. The number of likely N-dealkylation sites (N-methyl/N-ethyl adjacent to an activating group) is 1. The van der Waals surface area contributed by atoms with Crippen LogP contribution in [0.3, 0.4) is 0 Å². The quantitative estimate of drug-likeness (QED) is 0.656. The second-order valence-corrected chi connectivity index (χ2v) is 5.28. The topological polar surface area (TPSA) is 58.4 Å². The Kier molecular flexibility index (Phi) is 5.40. The number of unbranched alkanes of at least 4 members (excludes halogenated alkanes) is 2. The van der Waals surface area contributed by atoms with Crippen LogP contribution in [0.1, 0.15) is 45.4 Å². The minimum Gasteiger partial charge on any atom is -0.368 e. The molecule has 17 heavy (non-hydrogen) atoms. The van der Waals surface area contributed by atoms with Gasteiger partial charge in [-0.3, -0.25) is 4.79 Å². The molecule has 1 aliphatic rings. The molecule has 0 saturated heterocycles. The van der Waals surface area contributed by atoms with Crippen LogP contribution in [-0.2, 0) is 4.79 Å². The molecule has 4 nitrogen and oxygen atoms in total. The van der Waals surface area contributed by atoms with E-state index >= 15 is 0 Å². The van der Waals surface area contributed by atoms with Crippen molar-refractivity contribution in [3.05, 3.63) is 0 Å². The van der Waals surface area contributed by atoms with Gasteiger partial charge in [0.15, 0.2) is 0 Å². The molecule has 0 radical (unpaired) electrons. The van der Waals surface area contributed by atoms with E-state index in [2.05, 4.69) is 24.2 Å². The van der Waals surface area contributed by atoms with Gasteiger partial charge in [0.2, 0.25) is 5.91 Å². The molecule has 1 rings (SSSR count). The van der Waals surface area contributed by atoms with E-state index < -0.39 is 5.54 Å². The van der Waals surface area contributed by atoms with Gasteiger partial charge in [0.1, 0.15) is 0 Å². The van der Waals surface area contributed by atoms with Gasteiger partial charge in [-0.1, -0.05) is 19.8 Å². The summed E-state index contributed by atoms with van der Waals surface area (Å²) in [5.74, 6) is -0.204. The fourth-order valence-electron chi connectivity index (χ4n) is 2.76. The minimum atomic E-state index is -0.469. The SMILES string of the molecule is CCCCCN(C)C1CCC(NC)(C(N)=O)C1. The summed E-state index contributed by atoms with van der Waals surface area (Å²) in [4.78, 5) is 13.9. The van der Waals surface area contributed by atoms with E-state index in [1.54, 1.807) is 0 Å². The molecule has 4 heteroatoms. The number of carbonyl (C=O) groups is 1. The average Bonchev–Trinajstić information content (AvgIpc) is 2.75. The summed E-state index contributed by atoms with van der Waals surface area (Å²) < 4.78 is 0. The number of rotatable bonds is 7. The molecule has 1 saturated carbocycles. The van der Waals surface area contributed by atoms with Gasteiger partial charge in [0, 0.05) is 6.04 Å². The third-order valence-electron chi connectivity index (χ3n) is 4.18. The van der Waals surface area contributed by atoms with Crippen LogP contribution < -0.4 is 11.1 Å². The molecule has 2 unspecified atom stereocenters. The molecule has 3 N–H and O–H groups in total. The lowest BCUT2D eigenvalue weighted by Gasteiger charge is -2.28. The van der Waals surface area contributed by atoms with Gasteiger partial charge >= 0.3 is 0 Å². The van der Waals surface area contributed by atoms with Crippen LogP contribution in [0, 0.1) is 0 Å². The van der Waals surface area contributed by atoms with Crippen molar-refractivity contribution in [2.24, 2.45) is 5.73 Å². The lowest BCUT2D eigenvalue weighted by atomic mass is 9.96. The predicted octanol–water partition coefficient (Wildman–Crippen LogP) is 1.10. The first-order valence-electron chi connectivity index (χ1n) is 6.75. The average molecular weight is 241 g/mol. The molecule has 0 spiro atoms. The van der Waals surface area contributed by atoms with Crippen LogP contribution in [0.2, 0.25) is 0 Å². The van der Waals surface area contributed by atoms with Crippen molar-refractivity contribution < 1.29 is 4.79 Å². The molecule has 0 aromatic heterocycles. The molecule has 0 aliphatic heterocycles. The minimum absolute atomic E-state index is 0.204. The lowest BCUT2D eigenvalue weighted by Crippen LogP contribution is -2.53. The normalized spacial score (nSPS) is 28.8. The fourth-order valence-corrected chi connectivity index (χ4v) is 2.76. The summed E-state index contributed by atoms with van der Waals surface area (Å²) in [5, 5.41) is 3.13. The van der Waals surface area contributed by atoms with Crippen molar-refractivity contribution in [2.45, 2.75) is 57.0 Å². The lowest BCUT2D eigenvalue weighted by molar-refractivity contribution is -0.124. The van der Waals surface area contributed by atoms with Gasteiger partial charge in [0.05, 0.1) is 5.54 Å². The van der Waals surface area contributed by atoms with Gasteiger partial charge in [0.25, 0.3) is 0 Å². The van der Waals surface area contributed by atoms with Crippen molar-refractivity contribution in [2.75, 3.05) is 20.6 Å². The molecular formula is C13H27N3O. The van der Waals surface area contributed by atoms with E-state index in [4.69, 9.17) is 5.73 Å². The highest BCUT2D eigenvalue weighted by atomic mass is 16.1. The maximum Gasteiger partial charge on any atom is 0.237 e. The number of nitrogens with one attached hydrogen (secondary N) is 1. The maximum absolute atomic E-state index is 11.5. The standard InChI is InChI=1S/C13H27N3O/c1-4-5-6-9-16(3)11-7-8-13(10-11,15-2)12(14)17/h11,15H,4-10H2,1-3H3,(H2,14,17). The number of primary amides is 1. The summed E-state index contributed by atoms with van der Waals surface area (Å²) in [6.07, 6.45) is 6.55. The van der Waals surface area contributed by atoms with Crippen molar-refractivity contribution in [1.29, 1.82) is 0 Å². The fraction of sp³-hybridized carbons (Fsp3) is 0.923. The monoisotopic (exact) mass is 241 g/mol. The Labute approximate surface area is 105 Å². The van der Waals surface area contributed by atoms with Crippen molar-refractivity contribution in [3.8, 4) is 0 Å². The summed E-state index contributed by atoms with van der Waals surface area (Å²) in [6, 6.07) is 0.492. The van der Waals surface area contributed by atoms with Gasteiger partial charge < -0.3 is 16.0 Å². The highest BCUT2D eigenvalue weighted by molar-refractivity contribution is 5.85. The number of hydrogen-bond donors (Lipinski definition) is 2. The van der Waals surface area contributed by atoms with Gasteiger partial charge in [-0.25, -0.2) is 0 Å². The van der Waals surface area contributed by atoms with Crippen molar-refractivity contribution in [3.63, 3.8) is 0 Å². The Morgan fingerprint density at radius 3 is 2.71 bits per heavy atom. The number of hydrogen-bond acceptors (Lipinski definition) is 3. The van der Waals surface area contributed by atoms with Crippen LogP contribution in [0.15, 0.2) is 0 Å². The second kappa shape index (κ2) is 6.36. The van der Waals surface area contributed by atoms with Crippen LogP contribution >= 0.6 is 0 Å². The van der Waals surface area contributed by atoms with Crippen LogP contribution in [0.25, 0.3) is 0 Å². The highest BCUT2D eigenvalue weighted by Crippen LogP contribution is 2.32. The number of nitrogens with two attached hydrogens (primary N) is 1. The number of carbonyl (C=O) groups excluding carboxylic acids is 1. The van der Waals surface area contributed by atoms with E-state index in [0.29, 0.717) is 6.04 Å². The van der Waals surface area contributed by atoms with E-state index in [-0.39, 0.29) is 5.91 Å². The molecule has 2 atom stereocenters. The summed E-state index contributed by atoms with van der Waals surface area (Å²) in [7, 11) is 4.00. The van der Waals surface area contributed by atoms with E-state index in [9.17, 15) is 4.79 Å². The number of amides is 1. The number of nitrogens with zero attached hydrogens (tertiary/aromatic N) is 1. The molecule has 0 aromatic carbocycles. The molecule has 1 aliphatic carbocycles. The first kappa shape index (κ1) is 14.5. The van der Waals surface area contributed by atoms with Crippen LogP contribution in [-0.4, -0.2) is 43.0 Å². The third-order valence-corrected chi connectivity index (χ3v) is 4.18. The smallest absolute Gasteiger partial charge is 0.237 e. The zero-order valence-corrected chi connectivity index (χ0v) is 11.5. The van der Waals surface area contributed by atoms with E-state index in [1.807, 2.05) is 7.05 Å². The van der Waals surface area contributed by atoms with Gasteiger partial charge in [-0.2, -0.15) is 0 Å². The van der Waals surface area contributed by atoms with Gasteiger partial charge in [-0.05, 0) is 46.3 Å². The molecule has 1 fully saturated rings. The Bertz CT molecular complexity index is 257. The zero-order chi connectivity index (χ0) is 12.9. The van der Waals surface area contributed by atoms with Crippen molar-refractivity contribution in [1.82, 2.24) is 10.2 Å². The molecule has 1 amide bonds. The van der Waals surface area contributed by atoms with Crippen LogP contribution in [0.5, 0.6) is 0 Å². The first-order chi connectivity index (χ1) is 8.05. The Morgan fingerprint density at radius 1 is 1.53 bits per heavy atom. The summed E-state index contributed by atoms with van der Waals surface area (Å²) in [5.41, 5.74) is 5.04. The molecular weight excluding hydrogens is 214 g/mol. The Morgan fingerprint density at radius 2 is 2.24 bits per heavy atom. The Balaban J connectivity index is 2.45. The third kappa shape index (κ3) is 3.42. The molecule has 0 bridgehead atoms. The highest BCUT2D eigenvalue weighted by Gasteiger charge is 2.43. The molecule has 100 valence electrons. The summed E-state index contributed by atoms with van der Waals surface area (Å²) in [6.45, 7) is 3.34. The molecule has 0 heterocycles. The van der Waals surface area contributed by atoms with Crippen LogP contribution in [0.4, 0.5) is 0 Å². The van der Waals surface area contributed by atoms with Crippen molar-refractivity contribution >= 4 is 5.91 Å². The zero-order valence-electron chi connectivity index (χ0n) is 11.5. The first-order valence-corrected chi connectivity index (χ1v) is 6.75.